The lowest BCUT2D eigenvalue weighted by atomic mass is 10.0. The molecule has 0 aliphatic heterocycles. The van der Waals surface area contributed by atoms with Gasteiger partial charge in [0.25, 0.3) is 0 Å². The normalized spacial score (nSPS) is 13.0. The lowest BCUT2D eigenvalue weighted by Crippen LogP contribution is -2.40. The van der Waals surface area contributed by atoms with Crippen LogP contribution in [0.5, 0.6) is 0 Å². The van der Waals surface area contributed by atoms with Gasteiger partial charge >= 0.3 is 5.97 Å². The summed E-state index contributed by atoms with van der Waals surface area (Å²) in [4.78, 5) is 25.0. The van der Waals surface area contributed by atoms with E-state index in [0.717, 1.165) is 51.4 Å². The van der Waals surface area contributed by atoms with Gasteiger partial charge in [0.15, 0.2) is 11.9 Å². The maximum absolute atomic E-state index is 12.7. The zero-order valence-electron chi connectivity index (χ0n) is 29.3. The monoisotopic (exact) mass is 623 g/mol. The molecular formula is C39H74O5. The quantitative estimate of drug-likeness (QED) is 0.0417. The molecule has 0 aliphatic carbocycles. The summed E-state index contributed by atoms with van der Waals surface area (Å²) in [5.74, 6) is -0.732. The van der Waals surface area contributed by atoms with E-state index in [-0.39, 0.29) is 18.6 Å². The van der Waals surface area contributed by atoms with Crippen LogP contribution in [0, 0.1) is 0 Å². The number of ketones is 1. The number of rotatable bonds is 35. The van der Waals surface area contributed by atoms with Crippen LogP contribution in [0.4, 0.5) is 0 Å². The maximum atomic E-state index is 12.7. The first-order chi connectivity index (χ1) is 21.6. The van der Waals surface area contributed by atoms with Crippen molar-refractivity contribution in [3.05, 3.63) is 12.2 Å². The molecule has 2 N–H and O–H groups in total. The number of allylic oxidation sites excluding steroid dienone is 2. The number of aliphatic hydroxyl groups is 2. The fraction of sp³-hybridized carbons (Fsp3) is 0.897. The summed E-state index contributed by atoms with van der Waals surface area (Å²) in [6.45, 7) is 3.93. The van der Waals surface area contributed by atoms with Crippen LogP contribution in [0.3, 0.4) is 0 Å². The van der Waals surface area contributed by atoms with E-state index in [0.29, 0.717) is 0 Å². The molecule has 0 fully saturated rings. The van der Waals surface area contributed by atoms with Crippen molar-refractivity contribution in [3.63, 3.8) is 0 Å². The highest BCUT2D eigenvalue weighted by Gasteiger charge is 2.29. The van der Waals surface area contributed by atoms with Gasteiger partial charge in [-0.15, -0.1) is 0 Å². The highest BCUT2D eigenvalue weighted by Crippen LogP contribution is 2.16. The van der Waals surface area contributed by atoms with Crippen LogP contribution < -0.4 is 0 Å². The molecule has 0 spiro atoms. The number of ether oxygens (including phenoxy) is 1. The number of unbranched alkanes of at least 4 members (excludes halogenated alkanes) is 25. The Hall–Kier alpha value is -1.20. The minimum atomic E-state index is -1.35. The zero-order valence-corrected chi connectivity index (χ0v) is 29.3. The van der Waals surface area contributed by atoms with Gasteiger partial charge in [-0.1, -0.05) is 167 Å². The third-order valence-corrected chi connectivity index (χ3v) is 8.78. The van der Waals surface area contributed by atoms with E-state index in [1.54, 1.807) is 0 Å². The van der Waals surface area contributed by atoms with Crippen molar-refractivity contribution >= 4 is 11.8 Å². The molecule has 0 aromatic carbocycles. The molecule has 0 radical (unpaired) electrons. The minimum Gasteiger partial charge on any atom is -0.451 e. The number of esters is 1. The van der Waals surface area contributed by atoms with E-state index in [1.165, 1.54) is 128 Å². The molecule has 0 bridgehead atoms. The van der Waals surface area contributed by atoms with Crippen molar-refractivity contribution in [2.45, 2.75) is 219 Å². The van der Waals surface area contributed by atoms with E-state index in [2.05, 4.69) is 26.0 Å². The fourth-order valence-corrected chi connectivity index (χ4v) is 5.81. The second kappa shape index (κ2) is 34.7. The maximum Gasteiger partial charge on any atom is 0.306 e. The Morgan fingerprint density at radius 2 is 0.864 bits per heavy atom. The molecule has 0 amide bonds. The number of hydrogen-bond donors (Lipinski definition) is 2. The first-order valence-corrected chi connectivity index (χ1v) is 19.2. The molecule has 0 aromatic rings. The number of carbonyl (C=O) groups is 2. The summed E-state index contributed by atoms with van der Waals surface area (Å²) in [7, 11) is 0. The van der Waals surface area contributed by atoms with Crippen LogP contribution in [0.1, 0.15) is 206 Å². The van der Waals surface area contributed by atoms with Gasteiger partial charge in [0.2, 0.25) is 0 Å². The molecule has 0 rings (SSSR count). The second-order valence-corrected chi connectivity index (χ2v) is 13.2. The highest BCUT2D eigenvalue weighted by atomic mass is 16.6. The van der Waals surface area contributed by atoms with E-state index >= 15 is 0 Å². The van der Waals surface area contributed by atoms with Gasteiger partial charge in [0.1, 0.15) is 6.10 Å². The fourth-order valence-electron chi connectivity index (χ4n) is 5.81. The zero-order chi connectivity index (χ0) is 32.4. The third kappa shape index (κ3) is 29.5. The van der Waals surface area contributed by atoms with Crippen molar-refractivity contribution in [2.75, 3.05) is 6.61 Å². The summed E-state index contributed by atoms with van der Waals surface area (Å²) in [6, 6.07) is 0. The van der Waals surface area contributed by atoms with Gasteiger partial charge in [-0.2, -0.15) is 0 Å². The molecule has 5 heteroatoms. The number of hydrogen-bond acceptors (Lipinski definition) is 5. The largest absolute Gasteiger partial charge is 0.451 e. The second-order valence-electron chi connectivity index (χ2n) is 13.2. The summed E-state index contributed by atoms with van der Waals surface area (Å²) >= 11 is 0. The Morgan fingerprint density at radius 3 is 1.25 bits per heavy atom. The molecule has 260 valence electrons. The van der Waals surface area contributed by atoms with Crippen LogP contribution in [-0.2, 0) is 14.3 Å². The topological polar surface area (TPSA) is 83.8 Å². The van der Waals surface area contributed by atoms with E-state index < -0.39 is 24.8 Å². The van der Waals surface area contributed by atoms with Crippen LogP contribution in [-0.4, -0.2) is 40.8 Å². The molecule has 44 heavy (non-hydrogen) atoms. The summed E-state index contributed by atoms with van der Waals surface area (Å²) in [5.41, 5.74) is 0. The molecule has 2 atom stereocenters. The Morgan fingerprint density at radius 1 is 0.523 bits per heavy atom. The van der Waals surface area contributed by atoms with Gasteiger partial charge < -0.3 is 14.9 Å². The van der Waals surface area contributed by atoms with Gasteiger partial charge in [0, 0.05) is 12.8 Å². The Bertz CT molecular complexity index is 646. The Kier molecular flexibility index (Phi) is 33.7. The van der Waals surface area contributed by atoms with E-state index in [1.807, 2.05) is 0 Å². The van der Waals surface area contributed by atoms with E-state index in [4.69, 9.17) is 4.74 Å². The molecular weight excluding hydrogens is 548 g/mol. The molecule has 0 heterocycles. The first-order valence-electron chi connectivity index (χ1n) is 19.2. The van der Waals surface area contributed by atoms with Gasteiger partial charge in [0.05, 0.1) is 6.61 Å². The van der Waals surface area contributed by atoms with Gasteiger partial charge in [-0.25, -0.2) is 0 Å². The van der Waals surface area contributed by atoms with Crippen molar-refractivity contribution < 1.29 is 24.5 Å². The predicted octanol–water partition coefficient (Wildman–Crippen LogP) is 11.1. The number of Topliss-reactive ketones (excluding diaryl/α,β-unsaturated/α-hetero) is 1. The lowest BCUT2D eigenvalue weighted by molar-refractivity contribution is -0.163. The van der Waals surface area contributed by atoms with Crippen LogP contribution >= 0.6 is 0 Å². The van der Waals surface area contributed by atoms with Gasteiger partial charge in [-0.3, -0.25) is 9.59 Å². The third-order valence-electron chi connectivity index (χ3n) is 8.78. The highest BCUT2D eigenvalue weighted by molar-refractivity contribution is 5.86. The SMILES string of the molecule is CCCCCCCCC=CCCCCCCCC(=O)[C@@H](OC(=O)CCCCCCCCCCCCCCCCC)[C@@H](O)CO. The van der Waals surface area contributed by atoms with Crippen LogP contribution in [0.25, 0.3) is 0 Å². The minimum absolute atomic E-state index is 0.258. The molecule has 0 aromatic heterocycles. The van der Waals surface area contributed by atoms with Crippen molar-refractivity contribution in [2.24, 2.45) is 0 Å². The summed E-state index contributed by atoms with van der Waals surface area (Å²) < 4.78 is 5.35. The average Bonchev–Trinajstić information content (AvgIpc) is 3.03. The predicted molar refractivity (Wildman–Crippen MR) is 187 cm³/mol. The van der Waals surface area contributed by atoms with Crippen molar-refractivity contribution in [1.82, 2.24) is 0 Å². The van der Waals surface area contributed by atoms with Crippen molar-refractivity contribution in [3.8, 4) is 0 Å². The van der Waals surface area contributed by atoms with Crippen molar-refractivity contribution in [1.29, 1.82) is 0 Å². The number of carbonyl (C=O) groups excluding carboxylic acids is 2. The molecule has 0 aliphatic rings. The smallest absolute Gasteiger partial charge is 0.306 e. The molecule has 0 saturated carbocycles. The Labute approximate surface area is 273 Å². The Balaban J connectivity index is 3.79. The number of aliphatic hydroxyl groups excluding tert-OH is 2. The molecule has 0 saturated heterocycles. The first kappa shape index (κ1) is 42.8. The summed E-state index contributed by atoms with van der Waals surface area (Å²) in [5, 5.41) is 19.5. The molecule has 5 nitrogen and oxygen atoms in total. The average molecular weight is 623 g/mol. The summed E-state index contributed by atoms with van der Waals surface area (Å²) in [6.07, 6.45) is 36.9. The van der Waals surface area contributed by atoms with Gasteiger partial charge in [-0.05, 0) is 38.5 Å². The van der Waals surface area contributed by atoms with Crippen LogP contribution in [0.15, 0.2) is 12.2 Å². The lowest BCUT2D eigenvalue weighted by Gasteiger charge is -2.20. The van der Waals surface area contributed by atoms with Crippen LogP contribution in [0.2, 0.25) is 0 Å². The van der Waals surface area contributed by atoms with E-state index in [9.17, 15) is 19.8 Å². The standard InChI is InChI=1S/C39H74O5/c1-3-5-7-9-11-13-15-17-19-21-23-25-27-29-31-33-36(41)39(37(42)35-40)44-38(43)34-32-30-28-26-24-22-20-18-16-14-12-10-8-6-4-2/h17,19,37,39-40,42H,3-16,18,20-35H2,1-2H3/t37-,39+/m0/s1. The molecule has 0 unspecified atom stereocenters.